The Hall–Kier alpha value is -1.66. The molecule has 0 heterocycles. The van der Waals surface area contributed by atoms with Crippen molar-refractivity contribution in [2.75, 3.05) is 25.0 Å². The van der Waals surface area contributed by atoms with E-state index in [0.29, 0.717) is 25.3 Å². The maximum atomic E-state index is 11.1. The molecule has 0 unspecified atom stereocenters. The summed E-state index contributed by atoms with van der Waals surface area (Å²) in [6, 6.07) is 5.51. The van der Waals surface area contributed by atoms with E-state index in [1.807, 2.05) is 26.8 Å². The molecule has 1 aromatic rings. The third-order valence-electron chi connectivity index (χ3n) is 3.13. The fraction of sp³-hybridized carbons (Fsp3) is 0.571. The zero-order valence-corrected chi connectivity index (χ0v) is 12.3. The number of aliphatic hydroxyl groups excluding tert-OH is 1. The molecule has 0 aliphatic carbocycles. The normalized spacial score (nSPS) is 11.1. The molecule has 0 saturated heterocycles. The number of hydrogen-bond acceptors (Lipinski definition) is 5. The van der Waals surface area contributed by atoms with Crippen LogP contribution in [0.4, 0.5) is 11.4 Å². The highest BCUT2D eigenvalue weighted by atomic mass is 16.6. The van der Waals surface area contributed by atoms with E-state index in [2.05, 4.69) is 10.2 Å². The van der Waals surface area contributed by atoms with Gasteiger partial charge in [-0.15, -0.1) is 0 Å². The molecule has 0 amide bonds. The highest BCUT2D eigenvalue weighted by molar-refractivity contribution is 5.62. The summed E-state index contributed by atoms with van der Waals surface area (Å²) in [5.41, 5.74) is 1.51. The lowest BCUT2D eigenvalue weighted by Crippen LogP contribution is -2.32. The van der Waals surface area contributed by atoms with Crippen LogP contribution in [-0.2, 0) is 6.54 Å². The monoisotopic (exact) mass is 281 g/mol. The second kappa shape index (κ2) is 7.81. The van der Waals surface area contributed by atoms with E-state index in [4.69, 9.17) is 5.11 Å². The molecule has 112 valence electrons. The Morgan fingerprint density at radius 2 is 2.15 bits per heavy atom. The highest BCUT2D eigenvalue weighted by Crippen LogP contribution is 2.26. The fourth-order valence-electron chi connectivity index (χ4n) is 2.05. The zero-order chi connectivity index (χ0) is 15.1. The van der Waals surface area contributed by atoms with Crippen LogP contribution in [0.5, 0.6) is 0 Å². The average Bonchev–Trinajstić information content (AvgIpc) is 2.39. The molecule has 6 heteroatoms. The Balaban J connectivity index is 2.96. The Kier molecular flexibility index (Phi) is 6.41. The minimum absolute atomic E-state index is 0.0791. The van der Waals surface area contributed by atoms with E-state index in [-0.39, 0.29) is 23.3 Å². The van der Waals surface area contributed by atoms with Gasteiger partial charge >= 0.3 is 0 Å². The summed E-state index contributed by atoms with van der Waals surface area (Å²) in [4.78, 5) is 12.8. The van der Waals surface area contributed by atoms with Gasteiger partial charge in [-0.25, -0.2) is 0 Å². The Morgan fingerprint density at radius 3 is 2.65 bits per heavy atom. The number of nitro groups is 1. The van der Waals surface area contributed by atoms with Crippen molar-refractivity contribution in [1.29, 1.82) is 0 Å². The van der Waals surface area contributed by atoms with Gasteiger partial charge in [0.05, 0.1) is 11.5 Å². The topological polar surface area (TPSA) is 78.6 Å². The molecule has 1 aromatic carbocycles. The van der Waals surface area contributed by atoms with Gasteiger partial charge in [0.2, 0.25) is 0 Å². The lowest BCUT2D eigenvalue weighted by molar-refractivity contribution is -0.384. The molecular weight excluding hydrogens is 258 g/mol. The van der Waals surface area contributed by atoms with Gasteiger partial charge in [0.25, 0.3) is 5.69 Å². The van der Waals surface area contributed by atoms with Crippen molar-refractivity contribution in [3.63, 3.8) is 0 Å². The molecule has 0 atom stereocenters. The summed E-state index contributed by atoms with van der Waals surface area (Å²) in [7, 11) is 0. The van der Waals surface area contributed by atoms with Gasteiger partial charge in [-0.1, -0.05) is 6.07 Å². The van der Waals surface area contributed by atoms with E-state index < -0.39 is 0 Å². The van der Waals surface area contributed by atoms with Gasteiger partial charge in [-0.05, 0) is 32.4 Å². The molecule has 0 spiro atoms. The molecule has 20 heavy (non-hydrogen) atoms. The second-order valence-corrected chi connectivity index (χ2v) is 4.93. The van der Waals surface area contributed by atoms with Crippen molar-refractivity contribution in [2.45, 2.75) is 33.4 Å². The molecule has 1 rings (SSSR count). The van der Waals surface area contributed by atoms with E-state index in [1.165, 1.54) is 0 Å². The number of anilines is 1. The third-order valence-corrected chi connectivity index (χ3v) is 3.13. The first-order chi connectivity index (χ1) is 9.49. The quantitative estimate of drug-likeness (QED) is 0.564. The lowest BCUT2D eigenvalue weighted by atomic mass is 10.1. The molecule has 2 N–H and O–H groups in total. The van der Waals surface area contributed by atoms with Gasteiger partial charge in [0, 0.05) is 31.7 Å². The molecule has 0 radical (unpaired) electrons. The minimum Gasteiger partial charge on any atom is -0.395 e. The van der Waals surface area contributed by atoms with Crippen molar-refractivity contribution in [3.8, 4) is 0 Å². The van der Waals surface area contributed by atoms with Crippen molar-refractivity contribution in [2.24, 2.45) is 0 Å². The van der Waals surface area contributed by atoms with Crippen molar-refractivity contribution >= 4 is 11.4 Å². The predicted octanol–water partition coefficient (Wildman–Crippen LogP) is 2.23. The van der Waals surface area contributed by atoms with Gasteiger partial charge in [-0.2, -0.15) is 0 Å². The summed E-state index contributed by atoms with van der Waals surface area (Å²) in [6.07, 6.45) is 0. The van der Waals surface area contributed by atoms with Crippen LogP contribution in [0.3, 0.4) is 0 Å². The Morgan fingerprint density at radius 1 is 1.45 bits per heavy atom. The second-order valence-electron chi connectivity index (χ2n) is 4.93. The first-order valence-electron chi connectivity index (χ1n) is 6.85. The van der Waals surface area contributed by atoms with Crippen LogP contribution >= 0.6 is 0 Å². The Bertz CT molecular complexity index is 449. The third kappa shape index (κ3) is 4.47. The lowest BCUT2D eigenvalue weighted by Gasteiger charge is -2.25. The largest absolute Gasteiger partial charge is 0.395 e. The van der Waals surface area contributed by atoms with Crippen LogP contribution in [-0.4, -0.2) is 40.7 Å². The van der Waals surface area contributed by atoms with Crippen molar-refractivity contribution in [1.82, 2.24) is 4.90 Å². The smallest absolute Gasteiger partial charge is 0.292 e. The number of nitro benzene ring substituents is 1. The molecule has 0 saturated carbocycles. The molecule has 0 aliphatic heterocycles. The first kappa shape index (κ1) is 16.4. The summed E-state index contributed by atoms with van der Waals surface area (Å²) in [6.45, 7) is 7.85. The molecule has 6 nitrogen and oxygen atoms in total. The van der Waals surface area contributed by atoms with E-state index in [9.17, 15) is 10.1 Å². The van der Waals surface area contributed by atoms with Crippen molar-refractivity contribution in [3.05, 3.63) is 33.9 Å². The summed E-state index contributed by atoms with van der Waals surface area (Å²) in [5.74, 6) is 0. The molecule has 0 bridgehead atoms. The van der Waals surface area contributed by atoms with Crippen LogP contribution in [0.25, 0.3) is 0 Å². The molecule has 0 aromatic heterocycles. The molecule has 0 aliphatic rings. The number of nitrogens with one attached hydrogen (secondary N) is 1. The van der Waals surface area contributed by atoms with E-state index in [1.54, 1.807) is 12.1 Å². The van der Waals surface area contributed by atoms with Crippen LogP contribution in [0, 0.1) is 10.1 Å². The minimum atomic E-state index is -0.368. The van der Waals surface area contributed by atoms with E-state index >= 15 is 0 Å². The maximum Gasteiger partial charge on any atom is 0.292 e. The first-order valence-corrected chi connectivity index (χ1v) is 6.85. The zero-order valence-electron chi connectivity index (χ0n) is 12.3. The summed E-state index contributed by atoms with van der Waals surface area (Å²) < 4.78 is 0. The summed E-state index contributed by atoms with van der Waals surface area (Å²) in [5, 5.41) is 23.2. The highest BCUT2D eigenvalue weighted by Gasteiger charge is 2.16. The van der Waals surface area contributed by atoms with Crippen LogP contribution in [0.2, 0.25) is 0 Å². The fourth-order valence-corrected chi connectivity index (χ4v) is 2.05. The van der Waals surface area contributed by atoms with Crippen LogP contribution in [0.15, 0.2) is 18.2 Å². The van der Waals surface area contributed by atoms with E-state index in [0.717, 1.165) is 5.56 Å². The number of hydrogen-bond donors (Lipinski definition) is 2. The molecular formula is C14H23N3O3. The van der Waals surface area contributed by atoms with Crippen LogP contribution < -0.4 is 5.32 Å². The molecule has 0 fully saturated rings. The Labute approximate surface area is 119 Å². The summed E-state index contributed by atoms with van der Waals surface area (Å²) >= 11 is 0. The van der Waals surface area contributed by atoms with Gasteiger partial charge < -0.3 is 10.4 Å². The van der Waals surface area contributed by atoms with Crippen LogP contribution in [0.1, 0.15) is 26.3 Å². The van der Waals surface area contributed by atoms with Crippen molar-refractivity contribution < 1.29 is 10.0 Å². The van der Waals surface area contributed by atoms with Gasteiger partial charge in [0.15, 0.2) is 0 Å². The number of aliphatic hydroxyl groups is 1. The predicted molar refractivity (Wildman–Crippen MR) is 79.9 cm³/mol. The van der Waals surface area contributed by atoms with Gasteiger partial charge in [-0.3, -0.25) is 15.0 Å². The number of benzene rings is 1. The number of rotatable bonds is 8. The number of nitrogens with zero attached hydrogens (tertiary/aromatic N) is 2. The SMILES string of the molecule is CCNc1ccc(CN(CCO)C(C)C)cc1[N+](=O)[O-]. The average molecular weight is 281 g/mol. The van der Waals surface area contributed by atoms with Gasteiger partial charge in [0.1, 0.15) is 5.69 Å². The standard InChI is InChI=1S/C14H23N3O3/c1-4-15-13-6-5-12(9-14(13)17(19)20)10-16(7-8-18)11(2)3/h5-6,9,11,15,18H,4,7-8,10H2,1-3H3. The maximum absolute atomic E-state index is 11.1.